The van der Waals surface area contributed by atoms with Crippen molar-refractivity contribution < 1.29 is 9.59 Å². The average Bonchev–Trinajstić information content (AvgIpc) is 2.82. The van der Waals surface area contributed by atoms with Crippen molar-refractivity contribution in [1.29, 1.82) is 0 Å². The van der Waals surface area contributed by atoms with Crippen LogP contribution in [0.25, 0.3) is 0 Å². The summed E-state index contributed by atoms with van der Waals surface area (Å²) < 4.78 is 0.959. The number of benzene rings is 2. The monoisotopic (exact) mass is 497 g/mol. The molecule has 2 aliphatic rings. The molecule has 2 amide bonds. The van der Waals surface area contributed by atoms with Crippen LogP contribution in [0.2, 0.25) is 0 Å². The number of rotatable bonds is 5. The molecule has 0 radical (unpaired) electrons. The van der Waals surface area contributed by atoms with Crippen LogP contribution in [0.4, 0.5) is 0 Å². The van der Waals surface area contributed by atoms with Crippen molar-refractivity contribution in [3.8, 4) is 0 Å². The second kappa shape index (κ2) is 9.75. The van der Waals surface area contributed by atoms with E-state index in [0.717, 1.165) is 24.0 Å². The van der Waals surface area contributed by atoms with Gasteiger partial charge in [0.1, 0.15) is 0 Å². The van der Waals surface area contributed by atoms with E-state index < -0.39 is 0 Å². The van der Waals surface area contributed by atoms with E-state index in [1.165, 1.54) is 11.1 Å². The lowest BCUT2D eigenvalue weighted by Crippen LogP contribution is -2.54. The Bertz CT molecular complexity index is 965. The lowest BCUT2D eigenvalue weighted by atomic mass is 9.92. The van der Waals surface area contributed by atoms with Crippen molar-refractivity contribution in [2.75, 3.05) is 26.2 Å². The third-order valence-corrected chi connectivity index (χ3v) is 7.45. The molecule has 2 aliphatic heterocycles. The van der Waals surface area contributed by atoms with E-state index in [9.17, 15) is 9.59 Å². The summed E-state index contributed by atoms with van der Waals surface area (Å²) in [6, 6.07) is 16.1. The highest BCUT2D eigenvalue weighted by atomic mass is 79.9. The third-order valence-electron chi connectivity index (χ3n) is 6.93. The fourth-order valence-corrected chi connectivity index (χ4v) is 4.96. The highest BCUT2D eigenvalue weighted by Crippen LogP contribution is 2.26. The minimum atomic E-state index is -0.110. The molecule has 0 aromatic heterocycles. The fraction of sp³-hybridized carbons (Fsp3) is 0.462. The Kier molecular flexibility index (Phi) is 7.01. The van der Waals surface area contributed by atoms with Gasteiger partial charge in [-0.2, -0.15) is 0 Å². The van der Waals surface area contributed by atoms with Crippen molar-refractivity contribution in [3.63, 3.8) is 0 Å². The Labute approximate surface area is 199 Å². The number of carbonyl (C=O) groups is 2. The molecular weight excluding hydrogens is 466 g/mol. The Hall–Kier alpha value is -2.18. The largest absolute Gasteiger partial charge is 0.354 e. The molecule has 1 fully saturated rings. The van der Waals surface area contributed by atoms with Crippen LogP contribution in [0.3, 0.4) is 0 Å². The Balaban J connectivity index is 1.26. The highest BCUT2D eigenvalue weighted by molar-refractivity contribution is 9.10. The second-order valence-electron chi connectivity index (χ2n) is 9.54. The van der Waals surface area contributed by atoms with E-state index in [4.69, 9.17) is 0 Å². The molecule has 4 rings (SSSR count). The van der Waals surface area contributed by atoms with Gasteiger partial charge in [0.25, 0.3) is 5.91 Å². The first kappa shape index (κ1) is 23.0. The first-order chi connectivity index (χ1) is 15.3. The summed E-state index contributed by atoms with van der Waals surface area (Å²) in [6.45, 7) is 8.23. The van der Waals surface area contributed by atoms with E-state index in [2.05, 4.69) is 64.3 Å². The predicted octanol–water partition coefficient (Wildman–Crippen LogP) is 4.25. The normalized spacial score (nSPS) is 17.7. The van der Waals surface area contributed by atoms with E-state index in [1.54, 1.807) is 0 Å². The smallest absolute Gasteiger partial charge is 0.253 e. The van der Waals surface area contributed by atoms with Crippen molar-refractivity contribution in [1.82, 2.24) is 15.1 Å². The maximum absolute atomic E-state index is 12.9. The minimum Gasteiger partial charge on any atom is -0.354 e. The number of nitrogens with one attached hydrogen (secondary N) is 1. The van der Waals surface area contributed by atoms with Gasteiger partial charge in [-0.05, 0) is 68.5 Å². The van der Waals surface area contributed by atoms with Crippen LogP contribution in [0.5, 0.6) is 0 Å². The number of piperidine rings is 1. The van der Waals surface area contributed by atoms with Crippen LogP contribution in [-0.4, -0.2) is 53.3 Å². The average molecular weight is 498 g/mol. The summed E-state index contributed by atoms with van der Waals surface area (Å²) in [4.78, 5) is 29.9. The zero-order chi connectivity index (χ0) is 22.7. The molecule has 6 heteroatoms. The molecule has 0 saturated carbocycles. The number of halogens is 1. The van der Waals surface area contributed by atoms with Gasteiger partial charge >= 0.3 is 0 Å². The van der Waals surface area contributed by atoms with Crippen molar-refractivity contribution in [2.24, 2.45) is 5.92 Å². The van der Waals surface area contributed by atoms with E-state index in [-0.39, 0.29) is 23.3 Å². The van der Waals surface area contributed by atoms with Crippen molar-refractivity contribution in [3.05, 3.63) is 69.7 Å². The SMILES string of the molecule is CC(C)(CNC(=O)C1CCN(C(=O)c2ccc(Br)cc2)CC1)N1CCc2ccccc2C1. The summed E-state index contributed by atoms with van der Waals surface area (Å²) in [7, 11) is 0. The lowest BCUT2D eigenvalue weighted by Gasteiger charge is -2.42. The second-order valence-corrected chi connectivity index (χ2v) is 10.5. The van der Waals surface area contributed by atoms with Gasteiger partial charge in [-0.3, -0.25) is 14.5 Å². The maximum Gasteiger partial charge on any atom is 0.253 e. The number of amides is 2. The summed E-state index contributed by atoms with van der Waals surface area (Å²) >= 11 is 3.40. The molecule has 0 unspecified atom stereocenters. The molecular formula is C26H32BrN3O2. The molecule has 0 bridgehead atoms. The lowest BCUT2D eigenvalue weighted by molar-refractivity contribution is -0.126. The summed E-state index contributed by atoms with van der Waals surface area (Å²) in [5, 5.41) is 3.21. The number of hydrogen-bond acceptors (Lipinski definition) is 3. The van der Waals surface area contributed by atoms with Gasteiger partial charge in [0.2, 0.25) is 5.91 Å². The van der Waals surface area contributed by atoms with Crippen molar-refractivity contribution in [2.45, 2.75) is 45.2 Å². The zero-order valence-electron chi connectivity index (χ0n) is 18.9. The Morgan fingerprint density at radius 1 is 1.00 bits per heavy atom. The minimum absolute atomic E-state index is 0.0261. The van der Waals surface area contributed by atoms with Gasteiger partial charge in [0.05, 0.1) is 0 Å². The Morgan fingerprint density at radius 3 is 2.34 bits per heavy atom. The molecule has 1 N–H and O–H groups in total. The summed E-state index contributed by atoms with van der Waals surface area (Å²) in [5.74, 6) is 0.135. The van der Waals surface area contributed by atoms with E-state index in [1.807, 2.05) is 29.2 Å². The first-order valence-corrected chi connectivity index (χ1v) is 12.3. The quantitative estimate of drug-likeness (QED) is 0.671. The number of nitrogens with zero attached hydrogens (tertiary/aromatic N) is 2. The van der Waals surface area contributed by atoms with Gasteiger partial charge < -0.3 is 10.2 Å². The number of likely N-dealkylation sites (tertiary alicyclic amines) is 1. The van der Waals surface area contributed by atoms with Crippen LogP contribution in [0.15, 0.2) is 53.0 Å². The Morgan fingerprint density at radius 2 is 1.66 bits per heavy atom. The van der Waals surface area contributed by atoms with Crippen molar-refractivity contribution >= 4 is 27.7 Å². The molecule has 0 atom stereocenters. The maximum atomic E-state index is 12.9. The van der Waals surface area contributed by atoms with Gasteiger partial charge in [-0.15, -0.1) is 0 Å². The van der Waals surface area contributed by atoms with E-state index in [0.29, 0.717) is 38.0 Å². The fourth-order valence-electron chi connectivity index (χ4n) is 4.69. The number of fused-ring (bicyclic) bond motifs is 1. The van der Waals surface area contributed by atoms with Gasteiger partial charge in [-0.25, -0.2) is 0 Å². The zero-order valence-corrected chi connectivity index (χ0v) is 20.5. The predicted molar refractivity (Wildman–Crippen MR) is 130 cm³/mol. The van der Waals surface area contributed by atoms with Crippen LogP contribution >= 0.6 is 15.9 Å². The first-order valence-electron chi connectivity index (χ1n) is 11.5. The molecule has 2 aromatic rings. The molecule has 32 heavy (non-hydrogen) atoms. The molecule has 2 aromatic carbocycles. The van der Waals surface area contributed by atoms with Gasteiger partial charge in [0, 0.05) is 54.2 Å². The molecule has 170 valence electrons. The number of carbonyl (C=O) groups excluding carboxylic acids is 2. The van der Waals surface area contributed by atoms with Gasteiger partial charge in [0.15, 0.2) is 0 Å². The number of hydrogen-bond donors (Lipinski definition) is 1. The molecule has 1 saturated heterocycles. The van der Waals surface area contributed by atoms with E-state index >= 15 is 0 Å². The molecule has 0 spiro atoms. The molecule has 0 aliphatic carbocycles. The topological polar surface area (TPSA) is 52.7 Å². The van der Waals surface area contributed by atoms with Gasteiger partial charge in [-0.1, -0.05) is 40.2 Å². The van der Waals surface area contributed by atoms with Crippen LogP contribution in [-0.2, 0) is 17.8 Å². The van der Waals surface area contributed by atoms with Crippen LogP contribution in [0, 0.1) is 5.92 Å². The molecule has 5 nitrogen and oxygen atoms in total. The molecule has 2 heterocycles. The van der Waals surface area contributed by atoms with Crippen LogP contribution in [0.1, 0.15) is 48.2 Å². The third kappa shape index (κ3) is 5.24. The summed E-state index contributed by atoms with van der Waals surface area (Å²) in [6.07, 6.45) is 2.48. The summed E-state index contributed by atoms with van der Waals surface area (Å²) in [5.41, 5.74) is 3.41. The standard InChI is InChI=1S/C26H32BrN3O2/c1-26(2,30-16-13-19-5-3-4-6-22(19)17-30)18-28-24(31)20-11-14-29(15-12-20)25(32)21-7-9-23(27)10-8-21/h3-10,20H,11-18H2,1-2H3,(H,28,31). The highest BCUT2D eigenvalue weighted by Gasteiger charge is 2.32. The van der Waals surface area contributed by atoms with Crippen LogP contribution < -0.4 is 5.32 Å².